The number of esters is 1. The molecule has 0 heterocycles. The lowest BCUT2D eigenvalue weighted by atomic mass is 10.2. The predicted octanol–water partition coefficient (Wildman–Crippen LogP) is 2.55. The van der Waals surface area contributed by atoms with Crippen molar-refractivity contribution < 1.29 is 18.7 Å². The number of hydrogen-bond donors (Lipinski definition) is 0. The zero-order valence-corrected chi connectivity index (χ0v) is 9.40. The molecular formula is C12H15FO3. The van der Waals surface area contributed by atoms with Gasteiger partial charge in [-0.3, -0.25) is 0 Å². The third-order valence-corrected chi connectivity index (χ3v) is 2.01. The Balaban J connectivity index is 2.62. The summed E-state index contributed by atoms with van der Waals surface area (Å²) in [5.74, 6) is -0.271. The Morgan fingerprint density at radius 2 is 1.94 bits per heavy atom. The zero-order chi connectivity index (χ0) is 12.0. The normalized spacial score (nSPS) is 11.9. The summed E-state index contributed by atoms with van der Waals surface area (Å²) < 4.78 is 22.9. The lowest BCUT2D eigenvalue weighted by Gasteiger charge is -2.15. The molecule has 88 valence electrons. The molecule has 0 fully saturated rings. The molecule has 0 amide bonds. The van der Waals surface area contributed by atoms with Gasteiger partial charge in [0.05, 0.1) is 6.61 Å². The smallest absolute Gasteiger partial charge is 0.347 e. The molecule has 1 aromatic rings. The Morgan fingerprint density at radius 3 is 2.44 bits per heavy atom. The summed E-state index contributed by atoms with van der Waals surface area (Å²) in [6.45, 7) is 3.88. The van der Waals surface area contributed by atoms with Gasteiger partial charge >= 0.3 is 5.97 Å². The van der Waals surface area contributed by atoms with E-state index in [9.17, 15) is 9.18 Å². The molecule has 16 heavy (non-hydrogen) atoms. The molecule has 1 atom stereocenters. The summed E-state index contributed by atoms with van der Waals surface area (Å²) in [5.41, 5.74) is 0. The van der Waals surface area contributed by atoms with Gasteiger partial charge in [-0.15, -0.1) is 0 Å². The lowest BCUT2D eigenvalue weighted by molar-refractivity contribution is -0.151. The maximum absolute atomic E-state index is 12.6. The van der Waals surface area contributed by atoms with Gasteiger partial charge in [0, 0.05) is 0 Å². The van der Waals surface area contributed by atoms with E-state index in [1.807, 2.05) is 6.92 Å². The van der Waals surface area contributed by atoms with Crippen molar-refractivity contribution in [1.29, 1.82) is 0 Å². The standard InChI is InChI=1S/C12H15FO3/c1-3-11(12(14)15-4-2)16-10-7-5-9(13)6-8-10/h5-8,11H,3-4H2,1-2H3. The molecule has 0 N–H and O–H groups in total. The van der Waals surface area contributed by atoms with E-state index in [1.165, 1.54) is 24.3 Å². The molecule has 0 saturated carbocycles. The van der Waals surface area contributed by atoms with Crippen LogP contribution in [-0.4, -0.2) is 18.7 Å². The van der Waals surface area contributed by atoms with Crippen molar-refractivity contribution in [1.82, 2.24) is 0 Å². The Kier molecular flexibility index (Phi) is 4.76. The number of rotatable bonds is 5. The van der Waals surface area contributed by atoms with Crippen molar-refractivity contribution in [3.05, 3.63) is 30.1 Å². The van der Waals surface area contributed by atoms with E-state index in [0.29, 0.717) is 18.8 Å². The maximum atomic E-state index is 12.6. The van der Waals surface area contributed by atoms with Gasteiger partial charge in [-0.1, -0.05) is 6.92 Å². The van der Waals surface area contributed by atoms with Crippen molar-refractivity contribution in [2.45, 2.75) is 26.4 Å². The van der Waals surface area contributed by atoms with Gasteiger partial charge in [-0.2, -0.15) is 0 Å². The molecular weight excluding hydrogens is 211 g/mol. The van der Waals surface area contributed by atoms with Gasteiger partial charge in [-0.25, -0.2) is 9.18 Å². The average Bonchev–Trinajstić information content (AvgIpc) is 2.28. The fourth-order valence-electron chi connectivity index (χ4n) is 1.21. The van der Waals surface area contributed by atoms with Crippen LogP contribution >= 0.6 is 0 Å². The van der Waals surface area contributed by atoms with E-state index in [0.717, 1.165) is 0 Å². The highest BCUT2D eigenvalue weighted by Crippen LogP contribution is 2.14. The van der Waals surface area contributed by atoms with Crippen LogP contribution in [-0.2, 0) is 9.53 Å². The van der Waals surface area contributed by atoms with E-state index in [4.69, 9.17) is 9.47 Å². The summed E-state index contributed by atoms with van der Waals surface area (Å²) in [4.78, 5) is 11.4. The van der Waals surface area contributed by atoms with Crippen LogP contribution in [0, 0.1) is 5.82 Å². The maximum Gasteiger partial charge on any atom is 0.347 e. The number of benzene rings is 1. The third kappa shape index (κ3) is 3.53. The molecule has 0 aliphatic carbocycles. The number of hydrogen-bond acceptors (Lipinski definition) is 3. The Bertz CT molecular complexity index is 335. The van der Waals surface area contributed by atoms with Crippen molar-refractivity contribution in [2.75, 3.05) is 6.61 Å². The van der Waals surface area contributed by atoms with Crippen molar-refractivity contribution >= 4 is 5.97 Å². The van der Waals surface area contributed by atoms with Gasteiger partial charge in [-0.05, 0) is 37.6 Å². The molecule has 0 aliphatic heterocycles. The van der Waals surface area contributed by atoms with Crippen LogP contribution in [0.3, 0.4) is 0 Å². The van der Waals surface area contributed by atoms with Gasteiger partial charge in [0.15, 0.2) is 6.10 Å². The van der Waals surface area contributed by atoms with Crippen LogP contribution in [0.25, 0.3) is 0 Å². The summed E-state index contributed by atoms with van der Waals surface area (Å²) in [6.07, 6.45) is -0.124. The topological polar surface area (TPSA) is 35.5 Å². The minimum Gasteiger partial charge on any atom is -0.479 e. The fraction of sp³-hybridized carbons (Fsp3) is 0.417. The van der Waals surface area contributed by atoms with E-state index in [-0.39, 0.29) is 5.82 Å². The first kappa shape index (κ1) is 12.5. The molecule has 0 spiro atoms. The molecule has 0 bridgehead atoms. The second kappa shape index (κ2) is 6.10. The van der Waals surface area contributed by atoms with Gasteiger partial charge in [0.25, 0.3) is 0 Å². The number of carbonyl (C=O) groups excluding carboxylic acids is 1. The van der Waals surface area contributed by atoms with E-state index in [1.54, 1.807) is 6.92 Å². The summed E-state index contributed by atoms with van der Waals surface area (Å²) in [7, 11) is 0. The van der Waals surface area contributed by atoms with Crippen molar-refractivity contribution in [3.63, 3.8) is 0 Å². The van der Waals surface area contributed by atoms with Crippen LogP contribution in [0.4, 0.5) is 4.39 Å². The number of carbonyl (C=O) groups is 1. The quantitative estimate of drug-likeness (QED) is 0.724. The van der Waals surface area contributed by atoms with Crippen LogP contribution in [0.5, 0.6) is 5.75 Å². The molecule has 1 aromatic carbocycles. The molecule has 1 unspecified atom stereocenters. The highest BCUT2D eigenvalue weighted by molar-refractivity contribution is 5.75. The second-order valence-electron chi connectivity index (χ2n) is 3.22. The van der Waals surface area contributed by atoms with Gasteiger partial charge in [0.2, 0.25) is 0 Å². The highest BCUT2D eigenvalue weighted by Gasteiger charge is 2.19. The molecule has 1 rings (SSSR count). The molecule has 0 aromatic heterocycles. The van der Waals surface area contributed by atoms with Crippen molar-refractivity contribution in [3.8, 4) is 5.75 Å². The molecule has 0 aliphatic rings. The predicted molar refractivity (Wildman–Crippen MR) is 57.7 cm³/mol. The van der Waals surface area contributed by atoms with E-state index >= 15 is 0 Å². The van der Waals surface area contributed by atoms with Gasteiger partial charge in [0.1, 0.15) is 11.6 Å². The largest absolute Gasteiger partial charge is 0.479 e. The first-order valence-electron chi connectivity index (χ1n) is 5.26. The Morgan fingerprint density at radius 1 is 1.31 bits per heavy atom. The van der Waals surface area contributed by atoms with Crippen LogP contribution in [0.1, 0.15) is 20.3 Å². The summed E-state index contributed by atoms with van der Waals surface area (Å²) in [6, 6.07) is 5.54. The summed E-state index contributed by atoms with van der Waals surface area (Å²) in [5, 5.41) is 0. The molecule has 3 nitrogen and oxygen atoms in total. The average molecular weight is 226 g/mol. The van der Waals surface area contributed by atoms with Crippen LogP contribution in [0.2, 0.25) is 0 Å². The van der Waals surface area contributed by atoms with Crippen LogP contribution < -0.4 is 4.74 Å². The first-order valence-corrected chi connectivity index (χ1v) is 5.26. The minimum atomic E-state index is -0.634. The SMILES string of the molecule is CCOC(=O)C(CC)Oc1ccc(F)cc1. The third-order valence-electron chi connectivity index (χ3n) is 2.01. The van der Waals surface area contributed by atoms with Gasteiger partial charge < -0.3 is 9.47 Å². The molecule has 4 heteroatoms. The van der Waals surface area contributed by atoms with E-state index < -0.39 is 12.1 Å². The number of ether oxygens (including phenoxy) is 2. The Hall–Kier alpha value is -1.58. The zero-order valence-electron chi connectivity index (χ0n) is 9.40. The molecule has 0 saturated heterocycles. The highest BCUT2D eigenvalue weighted by atomic mass is 19.1. The minimum absolute atomic E-state index is 0.322. The Labute approximate surface area is 94.2 Å². The van der Waals surface area contributed by atoms with Crippen LogP contribution in [0.15, 0.2) is 24.3 Å². The van der Waals surface area contributed by atoms with Crippen molar-refractivity contribution in [2.24, 2.45) is 0 Å². The fourth-order valence-corrected chi connectivity index (χ4v) is 1.21. The van der Waals surface area contributed by atoms with E-state index in [2.05, 4.69) is 0 Å². The number of halogens is 1. The molecule has 0 radical (unpaired) electrons. The first-order chi connectivity index (χ1) is 7.67. The summed E-state index contributed by atoms with van der Waals surface area (Å²) >= 11 is 0. The lowest BCUT2D eigenvalue weighted by Crippen LogP contribution is -2.28. The second-order valence-corrected chi connectivity index (χ2v) is 3.22. The monoisotopic (exact) mass is 226 g/mol.